The lowest BCUT2D eigenvalue weighted by Crippen LogP contribution is -2.34. The van der Waals surface area contributed by atoms with E-state index in [-0.39, 0.29) is 41.4 Å². The summed E-state index contributed by atoms with van der Waals surface area (Å²) in [5.41, 5.74) is 5.48. The van der Waals surface area contributed by atoms with Gasteiger partial charge >= 0.3 is 0 Å². The Balaban J connectivity index is 1.43. The molecule has 0 saturated carbocycles. The van der Waals surface area contributed by atoms with Crippen LogP contribution in [0.25, 0.3) is 11.6 Å². The lowest BCUT2D eigenvalue weighted by molar-refractivity contribution is -0.138. The molecular weight excluding hydrogens is 442 g/mol. The van der Waals surface area contributed by atoms with Gasteiger partial charge in [-0.1, -0.05) is 48.5 Å². The molecule has 0 unspecified atom stereocenters. The molecule has 2 aromatic carbocycles. The van der Waals surface area contributed by atoms with Crippen molar-refractivity contribution in [3.05, 3.63) is 76.9 Å². The number of imide groups is 1. The number of ether oxygens (including phenoxy) is 2. The van der Waals surface area contributed by atoms with Crippen LogP contribution in [0.3, 0.4) is 0 Å². The van der Waals surface area contributed by atoms with E-state index in [9.17, 15) is 14.7 Å². The molecule has 6 nitrogen and oxygen atoms in total. The summed E-state index contributed by atoms with van der Waals surface area (Å²) in [4.78, 5) is 26.9. The summed E-state index contributed by atoms with van der Waals surface area (Å²) in [7, 11) is 3.25. The lowest BCUT2D eigenvalue weighted by atomic mass is 9.69. The minimum Gasteiger partial charge on any atom is -0.508 e. The molecule has 6 heteroatoms. The molecule has 2 saturated heterocycles. The van der Waals surface area contributed by atoms with Crippen molar-refractivity contribution in [2.45, 2.75) is 25.4 Å². The van der Waals surface area contributed by atoms with E-state index in [1.807, 2.05) is 30.3 Å². The number of fused-ring (bicyclic) bond motifs is 3. The Labute approximate surface area is 205 Å². The van der Waals surface area contributed by atoms with Crippen molar-refractivity contribution >= 4 is 23.5 Å². The van der Waals surface area contributed by atoms with Gasteiger partial charge in [-0.3, -0.25) is 14.5 Å². The molecule has 3 aliphatic rings. The number of hydrogen-bond acceptors (Lipinski definition) is 5. The van der Waals surface area contributed by atoms with Crippen molar-refractivity contribution in [3.63, 3.8) is 0 Å². The van der Waals surface area contributed by atoms with Gasteiger partial charge in [0.2, 0.25) is 11.8 Å². The van der Waals surface area contributed by atoms with Gasteiger partial charge in [0, 0.05) is 20.1 Å². The maximum absolute atomic E-state index is 12.9. The highest BCUT2D eigenvalue weighted by Crippen LogP contribution is 2.49. The van der Waals surface area contributed by atoms with Gasteiger partial charge in [-0.05, 0) is 59.2 Å². The molecule has 2 aliphatic heterocycles. The Morgan fingerprint density at radius 1 is 1.11 bits per heavy atom. The molecule has 2 aromatic rings. The molecule has 0 bridgehead atoms. The maximum atomic E-state index is 12.9. The van der Waals surface area contributed by atoms with Crippen LogP contribution in [0.4, 0.5) is 0 Å². The largest absolute Gasteiger partial charge is 0.508 e. The summed E-state index contributed by atoms with van der Waals surface area (Å²) in [6.45, 7) is 0.906. The van der Waals surface area contributed by atoms with Crippen LogP contribution in [0.15, 0.2) is 65.7 Å². The third-order valence-corrected chi connectivity index (χ3v) is 7.58. The molecule has 1 N–H and O–H groups in total. The SMILES string of the molecule is COCC1=C2[C@@H](CC/C(=C/c3cccc(O)c3)c3ccccc3)OC[C@@H]2[C@@H]2C(=O)N(C)C(=O)[C@@H]2C1. The van der Waals surface area contributed by atoms with Crippen LogP contribution >= 0.6 is 0 Å². The minimum atomic E-state index is -0.329. The minimum absolute atomic E-state index is 0.0690. The third kappa shape index (κ3) is 4.44. The van der Waals surface area contributed by atoms with Gasteiger partial charge < -0.3 is 14.6 Å². The quantitative estimate of drug-likeness (QED) is 0.369. The number of likely N-dealkylation sites (tertiary alicyclic amines) is 1. The molecule has 2 fully saturated rings. The van der Waals surface area contributed by atoms with Crippen LogP contribution < -0.4 is 0 Å². The molecule has 1 aliphatic carbocycles. The fourth-order valence-electron chi connectivity index (χ4n) is 5.99. The van der Waals surface area contributed by atoms with E-state index >= 15 is 0 Å². The molecule has 0 radical (unpaired) electrons. The average Bonchev–Trinajstić information content (AvgIpc) is 3.38. The summed E-state index contributed by atoms with van der Waals surface area (Å²) >= 11 is 0. The molecule has 35 heavy (non-hydrogen) atoms. The van der Waals surface area contributed by atoms with Gasteiger partial charge in [-0.15, -0.1) is 0 Å². The highest BCUT2D eigenvalue weighted by atomic mass is 16.5. The van der Waals surface area contributed by atoms with Gasteiger partial charge in [-0.2, -0.15) is 0 Å². The molecule has 2 amide bonds. The average molecular weight is 474 g/mol. The van der Waals surface area contributed by atoms with E-state index < -0.39 is 0 Å². The van der Waals surface area contributed by atoms with Crippen LogP contribution in [-0.4, -0.2) is 55.3 Å². The molecule has 0 aromatic heterocycles. The van der Waals surface area contributed by atoms with E-state index in [4.69, 9.17) is 9.47 Å². The molecule has 4 atom stereocenters. The standard InChI is InChI=1S/C29H31NO5/c1-30-28(32)23-15-21(16-34-2)26-24(27(23)29(30)33)17-35-25(26)12-11-20(19-8-4-3-5-9-19)13-18-7-6-10-22(31)14-18/h3-10,13-14,23-25,27,31H,11-12,15-17H2,1-2H3/b20-13-/t23-,24+,25-,27-/m1/s1. The molecule has 0 spiro atoms. The predicted octanol–water partition coefficient (Wildman–Crippen LogP) is 4.31. The van der Waals surface area contributed by atoms with Crippen molar-refractivity contribution < 1.29 is 24.2 Å². The van der Waals surface area contributed by atoms with Crippen molar-refractivity contribution in [1.82, 2.24) is 4.90 Å². The molecule has 182 valence electrons. The van der Waals surface area contributed by atoms with E-state index in [1.165, 1.54) is 4.90 Å². The predicted molar refractivity (Wildman–Crippen MR) is 133 cm³/mol. The molecular formula is C29H31NO5. The van der Waals surface area contributed by atoms with Gasteiger partial charge in [0.25, 0.3) is 0 Å². The van der Waals surface area contributed by atoms with E-state index in [2.05, 4.69) is 18.2 Å². The Bertz CT molecular complexity index is 1180. The number of benzene rings is 2. The van der Waals surface area contributed by atoms with Crippen molar-refractivity contribution in [2.75, 3.05) is 27.4 Å². The number of aromatic hydroxyl groups is 1. The smallest absolute Gasteiger partial charge is 0.233 e. The first kappa shape index (κ1) is 23.5. The first-order valence-electron chi connectivity index (χ1n) is 12.2. The number of nitrogens with zero attached hydrogens (tertiary/aromatic N) is 1. The second kappa shape index (κ2) is 9.80. The zero-order chi connectivity index (χ0) is 24.5. The molecule has 2 heterocycles. The number of carbonyl (C=O) groups excluding carboxylic acids is 2. The number of carbonyl (C=O) groups is 2. The lowest BCUT2D eigenvalue weighted by Gasteiger charge is -2.31. The number of methoxy groups -OCH3 is 1. The second-order valence-electron chi connectivity index (χ2n) is 9.66. The second-order valence-corrected chi connectivity index (χ2v) is 9.66. The fraction of sp³-hybridized carbons (Fsp3) is 0.379. The highest BCUT2D eigenvalue weighted by Gasteiger charge is 2.55. The van der Waals surface area contributed by atoms with Crippen LogP contribution in [0.5, 0.6) is 5.75 Å². The van der Waals surface area contributed by atoms with E-state index in [1.54, 1.807) is 26.3 Å². The zero-order valence-electron chi connectivity index (χ0n) is 20.1. The van der Waals surface area contributed by atoms with Gasteiger partial charge in [-0.25, -0.2) is 0 Å². The molecule has 5 rings (SSSR count). The number of hydrogen-bond donors (Lipinski definition) is 1. The first-order valence-corrected chi connectivity index (χ1v) is 12.2. The third-order valence-electron chi connectivity index (χ3n) is 7.58. The fourth-order valence-corrected chi connectivity index (χ4v) is 5.99. The first-order chi connectivity index (χ1) is 17.0. The number of phenols is 1. The Morgan fingerprint density at radius 3 is 2.66 bits per heavy atom. The van der Waals surface area contributed by atoms with Crippen molar-refractivity contribution in [3.8, 4) is 5.75 Å². The summed E-state index contributed by atoms with van der Waals surface area (Å²) in [6.07, 6.45) is 4.08. The summed E-state index contributed by atoms with van der Waals surface area (Å²) in [5, 5.41) is 9.92. The van der Waals surface area contributed by atoms with Gasteiger partial charge in [0.15, 0.2) is 0 Å². The van der Waals surface area contributed by atoms with Gasteiger partial charge in [0.1, 0.15) is 5.75 Å². The summed E-state index contributed by atoms with van der Waals surface area (Å²) < 4.78 is 11.8. The van der Waals surface area contributed by atoms with E-state index in [0.717, 1.165) is 40.7 Å². The van der Waals surface area contributed by atoms with E-state index in [0.29, 0.717) is 19.6 Å². The summed E-state index contributed by atoms with van der Waals surface area (Å²) in [6, 6.07) is 17.5. The van der Waals surface area contributed by atoms with Crippen LogP contribution in [-0.2, 0) is 19.1 Å². The maximum Gasteiger partial charge on any atom is 0.233 e. The normalized spacial score (nSPS) is 26.3. The monoisotopic (exact) mass is 473 g/mol. The highest BCUT2D eigenvalue weighted by molar-refractivity contribution is 6.05. The number of allylic oxidation sites excluding steroid dienone is 1. The van der Waals surface area contributed by atoms with Crippen LogP contribution in [0.2, 0.25) is 0 Å². The Kier molecular flexibility index (Phi) is 6.58. The Morgan fingerprint density at radius 2 is 1.91 bits per heavy atom. The topological polar surface area (TPSA) is 76.1 Å². The summed E-state index contributed by atoms with van der Waals surface area (Å²) in [5.74, 6) is -0.641. The zero-order valence-corrected chi connectivity index (χ0v) is 20.1. The van der Waals surface area contributed by atoms with Crippen molar-refractivity contribution in [2.24, 2.45) is 17.8 Å². The van der Waals surface area contributed by atoms with Gasteiger partial charge in [0.05, 0.1) is 31.2 Å². The van der Waals surface area contributed by atoms with Crippen LogP contribution in [0, 0.1) is 17.8 Å². The number of phenolic OH excluding ortho intramolecular Hbond substituents is 1. The van der Waals surface area contributed by atoms with Crippen LogP contribution in [0.1, 0.15) is 30.4 Å². The number of rotatable bonds is 7. The Hall–Kier alpha value is -3.22. The van der Waals surface area contributed by atoms with Crippen molar-refractivity contribution in [1.29, 1.82) is 0 Å². The number of amides is 2.